The van der Waals surface area contributed by atoms with Gasteiger partial charge in [0.25, 0.3) is 5.91 Å². The predicted molar refractivity (Wildman–Crippen MR) is 84.8 cm³/mol. The molecule has 1 aromatic rings. The third-order valence-corrected chi connectivity index (χ3v) is 4.65. The van der Waals surface area contributed by atoms with Gasteiger partial charge in [0.1, 0.15) is 0 Å². The minimum atomic E-state index is -0.805. The summed E-state index contributed by atoms with van der Waals surface area (Å²) in [6.45, 7) is 0.502. The summed E-state index contributed by atoms with van der Waals surface area (Å²) in [7, 11) is 3.00. The monoisotopic (exact) mass is 326 g/mol. The maximum Gasteiger partial charge on any atom is 0.304 e. The SMILES string of the molecule is [N-]=[N+]=Nc1ccc(C(=O)NCCSSCCC(=O)O)cc1. The summed E-state index contributed by atoms with van der Waals surface area (Å²) < 4.78 is 0. The summed E-state index contributed by atoms with van der Waals surface area (Å²) >= 11 is 0. The Balaban J connectivity index is 2.21. The molecule has 7 nitrogen and oxygen atoms in total. The average Bonchev–Trinajstić information content (AvgIpc) is 2.47. The Labute approximate surface area is 129 Å². The lowest BCUT2D eigenvalue weighted by atomic mass is 10.2. The van der Waals surface area contributed by atoms with Gasteiger partial charge in [-0.05, 0) is 17.7 Å². The predicted octanol–water partition coefficient (Wildman–Crippen LogP) is 3.21. The van der Waals surface area contributed by atoms with E-state index in [0.717, 1.165) is 0 Å². The van der Waals surface area contributed by atoms with Crippen molar-refractivity contribution in [3.05, 3.63) is 40.3 Å². The summed E-state index contributed by atoms with van der Waals surface area (Å²) in [6.07, 6.45) is 0.140. The van der Waals surface area contributed by atoms with Gasteiger partial charge in [-0.3, -0.25) is 9.59 Å². The Morgan fingerprint density at radius 3 is 2.52 bits per heavy atom. The van der Waals surface area contributed by atoms with Crippen molar-refractivity contribution >= 4 is 39.2 Å². The number of carbonyl (C=O) groups excluding carboxylic acids is 1. The minimum absolute atomic E-state index is 0.140. The molecule has 0 bridgehead atoms. The van der Waals surface area contributed by atoms with Gasteiger partial charge in [-0.1, -0.05) is 38.8 Å². The fourth-order valence-corrected chi connectivity index (χ4v) is 3.17. The molecule has 1 rings (SSSR count). The number of aliphatic carboxylic acids is 1. The molecule has 0 radical (unpaired) electrons. The largest absolute Gasteiger partial charge is 0.481 e. The zero-order valence-electron chi connectivity index (χ0n) is 11.1. The van der Waals surface area contributed by atoms with Gasteiger partial charge < -0.3 is 10.4 Å². The van der Waals surface area contributed by atoms with Gasteiger partial charge in [-0.15, -0.1) is 0 Å². The van der Waals surface area contributed by atoms with Gasteiger partial charge in [0, 0.05) is 34.2 Å². The third kappa shape index (κ3) is 7.50. The number of nitrogens with zero attached hydrogens (tertiary/aromatic N) is 3. The van der Waals surface area contributed by atoms with E-state index in [1.165, 1.54) is 21.6 Å². The van der Waals surface area contributed by atoms with E-state index < -0.39 is 5.97 Å². The molecule has 21 heavy (non-hydrogen) atoms. The van der Waals surface area contributed by atoms with Crippen LogP contribution in [0.5, 0.6) is 0 Å². The van der Waals surface area contributed by atoms with E-state index >= 15 is 0 Å². The molecule has 0 atom stereocenters. The molecule has 0 aliphatic heterocycles. The molecule has 112 valence electrons. The third-order valence-electron chi connectivity index (χ3n) is 2.24. The molecule has 0 aromatic heterocycles. The van der Waals surface area contributed by atoms with Crippen LogP contribution in [0.4, 0.5) is 5.69 Å². The molecule has 2 N–H and O–H groups in total. The molecule has 0 saturated carbocycles. The zero-order chi connectivity index (χ0) is 15.5. The van der Waals surface area contributed by atoms with Crippen molar-refractivity contribution in [2.45, 2.75) is 6.42 Å². The molecule has 0 saturated heterocycles. The van der Waals surface area contributed by atoms with Gasteiger partial charge in [0.15, 0.2) is 0 Å². The van der Waals surface area contributed by atoms with Crippen LogP contribution in [0.2, 0.25) is 0 Å². The topological polar surface area (TPSA) is 115 Å². The number of azide groups is 1. The number of rotatable bonds is 9. The summed E-state index contributed by atoms with van der Waals surface area (Å²) in [5, 5.41) is 14.6. The highest BCUT2D eigenvalue weighted by Crippen LogP contribution is 2.21. The first-order valence-corrected chi connectivity index (χ1v) is 8.52. The molecular weight excluding hydrogens is 312 g/mol. The van der Waals surface area contributed by atoms with E-state index in [0.29, 0.717) is 29.3 Å². The molecule has 0 fully saturated rings. The van der Waals surface area contributed by atoms with Crippen LogP contribution in [-0.4, -0.2) is 35.0 Å². The lowest BCUT2D eigenvalue weighted by Gasteiger charge is -2.05. The van der Waals surface area contributed by atoms with Crippen LogP contribution in [0.3, 0.4) is 0 Å². The number of hydrogen-bond acceptors (Lipinski definition) is 5. The standard InChI is InChI=1S/C12H14N4O3S2/c13-16-15-10-3-1-9(2-4-10)12(19)14-6-8-21-20-7-5-11(17)18/h1-4H,5-8H2,(H,14,19)(H,17,18). The van der Waals surface area contributed by atoms with Gasteiger partial charge in [-0.25, -0.2) is 0 Å². The van der Waals surface area contributed by atoms with Gasteiger partial charge in [0.2, 0.25) is 0 Å². The fourth-order valence-electron chi connectivity index (χ4n) is 1.29. The molecule has 9 heteroatoms. The smallest absolute Gasteiger partial charge is 0.304 e. The van der Waals surface area contributed by atoms with Crippen molar-refractivity contribution < 1.29 is 14.7 Å². The molecular formula is C12H14N4O3S2. The van der Waals surface area contributed by atoms with Crippen LogP contribution in [0.1, 0.15) is 16.8 Å². The van der Waals surface area contributed by atoms with Gasteiger partial charge in [0.05, 0.1) is 6.42 Å². The van der Waals surface area contributed by atoms with Gasteiger partial charge in [-0.2, -0.15) is 0 Å². The molecule has 0 spiro atoms. The van der Waals surface area contributed by atoms with Crippen LogP contribution in [0.15, 0.2) is 29.4 Å². The summed E-state index contributed by atoms with van der Waals surface area (Å²) in [5.41, 5.74) is 9.23. The lowest BCUT2D eigenvalue weighted by molar-refractivity contribution is -0.136. The molecule has 1 aromatic carbocycles. The Hall–Kier alpha value is -1.83. The summed E-state index contributed by atoms with van der Waals surface area (Å²) in [6, 6.07) is 6.33. The first-order chi connectivity index (χ1) is 10.1. The normalized spacial score (nSPS) is 9.71. The quantitative estimate of drug-likeness (QED) is 0.238. The first kappa shape index (κ1) is 17.2. The van der Waals surface area contributed by atoms with Gasteiger partial charge >= 0.3 is 5.97 Å². The van der Waals surface area contributed by atoms with E-state index in [1.807, 2.05) is 0 Å². The Kier molecular flexibility index (Phi) is 8.18. The average molecular weight is 326 g/mol. The second-order valence-corrected chi connectivity index (χ2v) is 6.48. The van der Waals surface area contributed by atoms with E-state index in [4.69, 9.17) is 10.6 Å². The van der Waals surface area contributed by atoms with E-state index in [-0.39, 0.29) is 12.3 Å². The van der Waals surface area contributed by atoms with E-state index in [2.05, 4.69) is 15.3 Å². The molecule has 0 heterocycles. The number of carboxylic acid groups (broad SMARTS) is 1. The maximum atomic E-state index is 11.8. The van der Waals surface area contributed by atoms with E-state index in [9.17, 15) is 9.59 Å². The second kappa shape index (κ2) is 9.98. The van der Waals surface area contributed by atoms with Crippen molar-refractivity contribution in [3.63, 3.8) is 0 Å². The Morgan fingerprint density at radius 2 is 1.90 bits per heavy atom. The number of carbonyl (C=O) groups is 2. The minimum Gasteiger partial charge on any atom is -0.481 e. The van der Waals surface area contributed by atoms with Crippen LogP contribution in [0, 0.1) is 0 Å². The fraction of sp³-hybridized carbons (Fsp3) is 0.333. The van der Waals surface area contributed by atoms with E-state index in [1.54, 1.807) is 24.3 Å². The van der Waals surface area contributed by atoms with Crippen LogP contribution in [-0.2, 0) is 4.79 Å². The van der Waals surface area contributed by atoms with Crippen molar-refractivity contribution in [1.82, 2.24) is 5.32 Å². The summed E-state index contributed by atoms with van der Waals surface area (Å²) in [5.74, 6) is 0.251. The van der Waals surface area contributed by atoms with Crippen LogP contribution >= 0.6 is 21.6 Å². The molecule has 0 unspecified atom stereocenters. The zero-order valence-corrected chi connectivity index (χ0v) is 12.7. The highest BCUT2D eigenvalue weighted by Gasteiger charge is 2.04. The molecule has 0 aliphatic rings. The Bertz CT molecular complexity index is 530. The number of carboxylic acids is 1. The highest BCUT2D eigenvalue weighted by molar-refractivity contribution is 8.76. The van der Waals surface area contributed by atoms with Crippen molar-refractivity contribution in [2.75, 3.05) is 18.1 Å². The van der Waals surface area contributed by atoms with Crippen LogP contribution < -0.4 is 5.32 Å². The summed E-state index contributed by atoms with van der Waals surface area (Å²) in [4.78, 5) is 24.7. The first-order valence-electron chi connectivity index (χ1n) is 6.03. The lowest BCUT2D eigenvalue weighted by Crippen LogP contribution is -2.25. The van der Waals surface area contributed by atoms with Crippen molar-refractivity contribution in [2.24, 2.45) is 5.11 Å². The number of hydrogen-bond donors (Lipinski definition) is 2. The maximum absolute atomic E-state index is 11.8. The number of nitrogens with one attached hydrogen (secondary N) is 1. The Morgan fingerprint density at radius 1 is 1.24 bits per heavy atom. The number of amides is 1. The molecule has 1 amide bonds. The highest BCUT2D eigenvalue weighted by atomic mass is 33.1. The second-order valence-electron chi connectivity index (χ2n) is 3.78. The number of benzene rings is 1. The van der Waals surface area contributed by atoms with Crippen molar-refractivity contribution in [3.8, 4) is 0 Å². The molecule has 0 aliphatic carbocycles. The van der Waals surface area contributed by atoms with Crippen LogP contribution in [0.25, 0.3) is 10.4 Å². The van der Waals surface area contributed by atoms with Crippen molar-refractivity contribution in [1.29, 1.82) is 0 Å².